The first-order valence-corrected chi connectivity index (χ1v) is 6.72. The molecular weight excluding hydrogens is 218 g/mol. The molecule has 0 atom stereocenters. The summed E-state index contributed by atoms with van der Waals surface area (Å²) in [7, 11) is -0.239. The predicted molar refractivity (Wildman–Crippen MR) is 59.1 cm³/mol. The lowest BCUT2D eigenvalue weighted by molar-refractivity contribution is 0.518. The molecular formula is C9H13NO2S2. The molecule has 0 radical (unpaired) electrons. The largest absolute Gasteiger partial charge is 0.243 e. The van der Waals surface area contributed by atoms with Gasteiger partial charge in [0.05, 0.1) is 4.90 Å². The summed E-state index contributed by atoms with van der Waals surface area (Å²) in [6.07, 6.45) is 1.87. The van der Waals surface area contributed by atoms with Crippen molar-refractivity contribution in [1.82, 2.24) is 4.31 Å². The lowest BCUT2D eigenvalue weighted by atomic mass is 10.4. The van der Waals surface area contributed by atoms with E-state index < -0.39 is 10.0 Å². The number of sulfonamides is 1. The summed E-state index contributed by atoms with van der Waals surface area (Å²) in [6.45, 7) is 0. The number of benzene rings is 1. The van der Waals surface area contributed by atoms with E-state index in [4.69, 9.17) is 0 Å². The number of thioether (sulfide) groups is 1. The summed E-state index contributed by atoms with van der Waals surface area (Å²) in [6, 6.07) is 7.00. The molecule has 0 spiro atoms. The molecule has 0 N–H and O–H groups in total. The molecule has 1 rings (SSSR count). The Labute approximate surface area is 89.2 Å². The molecule has 0 aliphatic carbocycles. The molecule has 0 saturated carbocycles. The summed E-state index contributed by atoms with van der Waals surface area (Å²) in [5.74, 6) is 0. The van der Waals surface area contributed by atoms with Crippen LogP contribution in [0, 0.1) is 0 Å². The normalized spacial score (nSPS) is 12.0. The third-order valence-electron chi connectivity index (χ3n) is 1.83. The Balaban J connectivity index is 3.32. The van der Waals surface area contributed by atoms with Crippen LogP contribution in [0.15, 0.2) is 34.1 Å². The molecule has 1 aromatic rings. The van der Waals surface area contributed by atoms with Crippen molar-refractivity contribution in [2.45, 2.75) is 9.79 Å². The SMILES string of the molecule is CSc1ccccc1S(=O)(=O)N(C)C. The van der Waals surface area contributed by atoms with Gasteiger partial charge in [-0.1, -0.05) is 12.1 Å². The van der Waals surface area contributed by atoms with Crippen LogP contribution in [-0.4, -0.2) is 33.1 Å². The van der Waals surface area contributed by atoms with Crippen molar-refractivity contribution < 1.29 is 8.42 Å². The summed E-state index contributed by atoms with van der Waals surface area (Å²) < 4.78 is 24.9. The average molecular weight is 231 g/mol. The Morgan fingerprint density at radius 2 is 1.79 bits per heavy atom. The van der Waals surface area contributed by atoms with Crippen LogP contribution < -0.4 is 0 Å². The maximum Gasteiger partial charge on any atom is 0.243 e. The molecule has 0 aromatic heterocycles. The molecule has 1 aromatic carbocycles. The van der Waals surface area contributed by atoms with Gasteiger partial charge in [-0.05, 0) is 18.4 Å². The minimum absolute atomic E-state index is 0.373. The van der Waals surface area contributed by atoms with Crippen molar-refractivity contribution >= 4 is 21.8 Å². The molecule has 0 unspecified atom stereocenters. The Bertz CT molecular complexity index is 413. The van der Waals surface area contributed by atoms with E-state index >= 15 is 0 Å². The van der Waals surface area contributed by atoms with Crippen molar-refractivity contribution in [3.8, 4) is 0 Å². The number of nitrogens with zero attached hydrogens (tertiary/aromatic N) is 1. The molecule has 0 bridgehead atoms. The Kier molecular flexibility index (Phi) is 3.58. The zero-order valence-corrected chi connectivity index (χ0v) is 10.0. The summed E-state index contributed by atoms with van der Waals surface area (Å²) in [5, 5.41) is 0. The zero-order chi connectivity index (χ0) is 10.8. The van der Waals surface area contributed by atoms with Crippen molar-refractivity contribution in [3.63, 3.8) is 0 Å². The topological polar surface area (TPSA) is 37.4 Å². The highest BCUT2D eigenvalue weighted by atomic mass is 32.2. The second-order valence-electron chi connectivity index (χ2n) is 2.94. The van der Waals surface area contributed by atoms with Gasteiger partial charge in [0.2, 0.25) is 10.0 Å². The Hall–Kier alpha value is -0.520. The van der Waals surface area contributed by atoms with Crippen LogP contribution in [0.25, 0.3) is 0 Å². The maximum absolute atomic E-state index is 11.8. The standard InChI is InChI=1S/C9H13NO2S2/c1-10(2)14(11,12)9-7-5-4-6-8(9)13-3/h4-7H,1-3H3. The lowest BCUT2D eigenvalue weighted by Crippen LogP contribution is -2.22. The number of rotatable bonds is 3. The fraction of sp³-hybridized carbons (Fsp3) is 0.333. The van der Waals surface area contributed by atoms with Crippen LogP contribution in [0.3, 0.4) is 0 Å². The van der Waals surface area contributed by atoms with Crippen LogP contribution in [-0.2, 0) is 10.0 Å². The summed E-state index contributed by atoms with van der Waals surface area (Å²) >= 11 is 1.43. The van der Waals surface area contributed by atoms with E-state index in [9.17, 15) is 8.42 Å². The van der Waals surface area contributed by atoms with E-state index in [1.54, 1.807) is 18.2 Å². The van der Waals surface area contributed by atoms with Gasteiger partial charge >= 0.3 is 0 Å². The molecule has 0 fully saturated rings. The zero-order valence-electron chi connectivity index (χ0n) is 8.39. The van der Waals surface area contributed by atoms with Crippen molar-refractivity contribution in [2.24, 2.45) is 0 Å². The quantitative estimate of drug-likeness (QED) is 0.742. The molecule has 5 heteroatoms. The van der Waals surface area contributed by atoms with E-state index in [1.165, 1.54) is 30.2 Å². The maximum atomic E-state index is 11.8. The van der Waals surface area contributed by atoms with Gasteiger partial charge in [-0.2, -0.15) is 0 Å². The van der Waals surface area contributed by atoms with E-state index in [0.29, 0.717) is 4.90 Å². The molecule has 0 heterocycles. The van der Waals surface area contributed by atoms with Crippen LogP contribution in [0.1, 0.15) is 0 Å². The number of hydrogen-bond donors (Lipinski definition) is 0. The van der Waals surface area contributed by atoms with Gasteiger partial charge < -0.3 is 0 Å². The molecule has 0 amide bonds. The third kappa shape index (κ3) is 2.10. The fourth-order valence-electron chi connectivity index (χ4n) is 1.03. The first kappa shape index (κ1) is 11.6. The van der Waals surface area contributed by atoms with Crippen LogP contribution in [0.5, 0.6) is 0 Å². The van der Waals surface area contributed by atoms with Gasteiger partial charge in [-0.3, -0.25) is 0 Å². The van der Waals surface area contributed by atoms with Gasteiger partial charge in [0.25, 0.3) is 0 Å². The second-order valence-corrected chi connectivity index (χ2v) is 5.91. The smallest absolute Gasteiger partial charge is 0.207 e. The highest BCUT2D eigenvalue weighted by molar-refractivity contribution is 7.99. The molecule has 3 nitrogen and oxygen atoms in total. The van der Waals surface area contributed by atoms with Crippen molar-refractivity contribution in [1.29, 1.82) is 0 Å². The Morgan fingerprint density at radius 1 is 1.21 bits per heavy atom. The van der Waals surface area contributed by atoms with Gasteiger partial charge in [-0.15, -0.1) is 11.8 Å². The lowest BCUT2D eigenvalue weighted by Gasteiger charge is -2.13. The summed E-state index contributed by atoms with van der Waals surface area (Å²) in [4.78, 5) is 1.15. The van der Waals surface area contributed by atoms with E-state index in [-0.39, 0.29) is 0 Å². The minimum Gasteiger partial charge on any atom is -0.207 e. The molecule has 0 aliphatic rings. The van der Waals surface area contributed by atoms with Gasteiger partial charge in [0, 0.05) is 19.0 Å². The molecule has 78 valence electrons. The van der Waals surface area contributed by atoms with Crippen LogP contribution in [0.2, 0.25) is 0 Å². The first-order chi connectivity index (χ1) is 6.50. The molecule has 14 heavy (non-hydrogen) atoms. The highest BCUT2D eigenvalue weighted by Crippen LogP contribution is 2.25. The third-order valence-corrected chi connectivity index (χ3v) is 4.63. The molecule has 0 saturated heterocycles. The van der Waals surface area contributed by atoms with E-state index in [0.717, 1.165) is 4.90 Å². The highest BCUT2D eigenvalue weighted by Gasteiger charge is 2.19. The average Bonchev–Trinajstić information content (AvgIpc) is 2.17. The minimum atomic E-state index is -3.31. The fourth-order valence-corrected chi connectivity index (χ4v) is 3.04. The van der Waals surface area contributed by atoms with Crippen molar-refractivity contribution in [3.05, 3.63) is 24.3 Å². The Morgan fingerprint density at radius 3 is 2.29 bits per heavy atom. The summed E-state index contributed by atoms with van der Waals surface area (Å²) in [5.41, 5.74) is 0. The predicted octanol–water partition coefficient (Wildman–Crippen LogP) is 1.66. The van der Waals surface area contributed by atoms with Gasteiger partial charge in [0.1, 0.15) is 0 Å². The monoisotopic (exact) mass is 231 g/mol. The van der Waals surface area contributed by atoms with Gasteiger partial charge in [0.15, 0.2) is 0 Å². The van der Waals surface area contributed by atoms with Gasteiger partial charge in [-0.25, -0.2) is 12.7 Å². The second kappa shape index (κ2) is 4.33. The first-order valence-electron chi connectivity index (χ1n) is 4.05. The van der Waals surface area contributed by atoms with Crippen LogP contribution >= 0.6 is 11.8 Å². The van der Waals surface area contributed by atoms with Crippen molar-refractivity contribution in [2.75, 3.05) is 20.4 Å². The van der Waals surface area contributed by atoms with E-state index in [1.807, 2.05) is 12.3 Å². The molecule has 0 aliphatic heterocycles. The number of hydrogen-bond acceptors (Lipinski definition) is 3. The van der Waals surface area contributed by atoms with E-state index in [2.05, 4.69) is 0 Å². The van der Waals surface area contributed by atoms with Crippen LogP contribution in [0.4, 0.5) is 0 Å².